The maximum absolute atomic E-state index is 13.3. The quantitative estimate of drug-likeness (QED) is 0.699. The molecule has 7 heteroatoms. The van der Waals surface area contributed by atoms with Crippen LogP contribution in [0.5, 0.6) is 0 Å². The van der Waals surface area contributed by atoms with Crippen LogP contribution in [0.4, 0.5) is 10.3 Å². The molecule has 0 amide bonds. The van der Waals surface area contributed by atoms with Crippen molar-refractivity contribution >= 4 is 5.95 Å². The van der Waals surface area contributed by atoms with Crippen LogP contribution >= 0.6 is 0 Å². The first-order valence-electron chi connectivity index (χ1n) is 9.22. The summed E-state index contributed by atoms with van der Waals surface area (Å²) >= 11 is 0. The molecule has 1 fully saturated rings. The molecular weight excluding hydrogens is 359 g/mol. The van der Waals surface area contributed by atoms with Crippen LogP contribution in [0, 0.1) is 5.82 Å². The Bertz CT molecular complexity index is 1010. The Labute approximate surface area is 162 Å². The second kappa shape index (κ2) is 7.90. The van der Waals surface area contributed by atoms with E-state index in [1.54, 1.807) is 36.1 Å². The van der Waals surface area contributed by atoms with Gasteiger partial charge in [0.25, 0.3) is 5.56 Å². The highest BCUT2D eigenvalue weighted by Crippen LogP contribution is 2.25. The van der Waals surface area contributed by atoms with E-state index in [0.29, 0.717) is 24.8 Å². The van der Waals surface area contributed by atoms with E-state index in [1.807, 2.05) is 12.1 Å². The maximum atomic E-state index is 13.3. The molecule has 0 bridgehead atoms. The molecule has 6 nitrogen and oxygen atoms in total. The summed E-state index contributed by atoms with van der Waals surface area (Å²) in [6, 6.07) is 11.5. The monoisotopic (exact) mass is 380 g/mol. The normalized spacial score (nSPS) is 17.4. The van der Waals surface area contributed by atoms with Crippen LogP contribution in [0.1, 0.15) is 18.1 Å². The molecule has 0 radical (unpaired) electrons. The van der Waals surface area contributed by atoms with Crippen molar-refractivity contribution in [2.75, 3.05) is 24.6 Å². The third kappa shape index (κ3) is 3.80. The van der Waals surface area contributed by atoms with Crippen molar-refractivity contribution in [1.29, 1.82) is 0 Å². The fraction of sp³-hybridized carbons (Fsp3) is 0.286. The zero-order valence-corrected chi connectivity index (χ0v) is 15.6. The maximum Gasteiger partial charge on any atom is 0.255 e. The largest absolute Gasteiger partial charge is 0.372 e. The zero-order chi connectivity index (χ0) is 19.5. The van der Waals surface area contributed by atoms with Gasteiger partial charge in [-0.15, -0.1) is 0 Å². The van der Waals surface area contributed by atoms with Crippen molar-refractivity contribution in [2.24, 2.45) is 7.05 Å². The molecule has 0 N–H and O–H groups in total. The van der Waals surface area contributed by atoms with Gasteiger partial charge in [0.1, 0.15) is 11.9 Å². The van der Waals surface area contributed by atoms with Gasteiger partial charge in [-0.1, -0.05) is 12.1 Å². The van der Waals surface area contributed by atoms with Gasteiger partial charge in [-0.05, 0) is 36.2 Å². The molecule has 1 aromatic carbocycles. The number of ether oxygens (including phenoxy) is 1. The van der Waals surface area contributed by atoms with Crippen LogP contribution in [0.25, 0.3) is 11.3 Å². The van der Waals surface area contributed by atoms with Gasteiger partial charge in [-0.3, -0.25) is 14.3 Å². The highest BCUT2D eigenvalue weighted by atomic mass is 19.1. The van der Waals surface area contributed by atoms with Gasteiger partial charge in [0.15, 0.2) is 0 Å². The molecule has 0 aliphatic carbocycles. The molecule has 1 aliphatic heterocycles. The molecule has 3 heterocycles. The summed E-state index contributed by atoms with van der Waals surface area (Å²) in [6.45, 7) is 1.85. The third-order valence-corrected chi connectivity index (χ3v) is 4.89. The second-order valence-corrected chi connectivity index (χ2v) is 6.79. The Hall–Kier alpha value is -3.06. The van der Waals surface area contributed by atoms with Gasteiger partial charge in [0, 0.05) is 44.2 Å². The Morgan fingerprint density at radius 1 is 1.14 bits per heavy atom. The molecule has 0 spiro atoms. The van der Waals surface area contributed by atoms with Crippen molar-refractivity contribution in [3.8, 4) is 11.3 Å². The molecule has 1 saturated heterocycles. The number of hydrogen-bond acceptors (Lipinski definition) is 5. The van der Waals surface area contributed by atoms with E-state index >= 15 is 0 Å². The molecule has 4 rings (SSSR count). The van der Waals surface area contributed by atoms with E-state index in [2.05, 4.69) is 9.88 Å². The Balaban J connectivity index is 1.69. The van der Waals surface area contributed by atoms with Crippen LogP contribution < -0.4 is 10.5 Å². The topological polar surface area (TPSA) is 60.2 Å². The number of pyridine rings is 1. The predicted molar refractivity (Wildman–Crippen MR) is 105 cm³/mol. The van der Waals surface area contributed by atoms with E-state index in [4.69, 9.17) is 9.72 Å². The summed E-state index contributed by atoms with van der Waals surface area (Å²) in [5.41, 5.74) is 2.24. The first-order chi connectivity index (χ1) is 13.6. The molecule has 28 heavy (non-hydrogen) atoms. The number of halogens is 1. The molecule has 1 aliphatic rings. The van der Waals surface area contributed by atoms with Crippen LogP contribution in [0.15, 0.2) is 59.7 Å². The third-order valence-electron chi connectivity index (χ3n) is 4.89. The molecule has 3 aromatic rings. The summed E-state index contributed by atoms with van der Waals surface area (Å²) < 4.78 is 20.8. The summed E-state index contributed by atoms with van der Waals surface area (Å²) in [5, 5.41) is 0. The van der Waals surface area contributed by atoms with Gasteiger partial charge < -0.3 is 9.64 Å². The highest BCUT2D eigenvalue weighted by Gasteiger charge is 2.23. The van der Waals surface area contributed by atoms with Crippen molar-refractivity contribution < 1.29 is 9.13 Å². The summed E-state index contributed by atoms with van der Waals surface area (Å²) in [7, 11) is 1.72. The van der Waals surface area contributed by atoms with Crippen molar-refractivity contribution in [3.63, 3.8) is 0 Å². The fourth-order valence-electron chi connectivity index (χ4n) is 3.37. The molecular formula is C21H21FN4O2. The van der Waals surface area contributed by atoms with Gasteiger partial charge in [-0.25, -0.2) is 9.37 Å². The summed E-state index contributed by atoms with van der Waals surface area (Å²) in [4.78, 5) is 23.4. The van der Waals surface area contributed by atoms with Gasteiger partial charge in [0.2, 0.25) is 5.95 Å². The average Bonchev–Trinajstić information content (AvgIpc) is 2.97. The van der Waals surface area contributed by atoms with E-state index in [0.717, 1.165) is 24.1 Å². The van der Waals surface area contributed by atoms with Crippen LogP contribution in [0.3, 0.4) is 0 Å². The molecule has 0 unspecified atom stereocenters. The lowest BCUT2D eigenvalue weighted by Crippen LogP contribution is -2.34. The van der Waals surface area contributed by atoms with E-state index in [1.165, 1.54) is 18.2 Å². The van der Waals surface area contributed by atoms with Crippen molar-refractivity contribution in [3.05, 3.63) is 76.6 Å². The number of rotatable bonds is 3. The minimum absolute atomic E-state index is 0.125. The highest BCUT2D eigenvalue weighted by molar-refractivity contribution is 5.59. The first-order valence-corrected chi connectivity index (χ1v) is 9.22. The van der Waals surface area contributed by atoms with Crippen LogP contribution in [-0.2, 0) is 11.8 Å². The SMILES string of the molecule is Cn1c(N2CCCO[C@H](c3ccc(F)cc3)C2)nc(-c2ccncc2)cc1=O. The number of nitrogens with zero attached hydrogens (tertiary/aromatic N) is 4. The Morgan fingerprint density at radius 2 is 1.89 bits per heavy atom. The lowest BCUT2D eigenvalue weighted by molar-refractivity contribution is 0.0685. The molecule has 0 saturated carbocycles. The van der Waals surface area contributed by atoms with Gasteiger partial charge in [0.05, 0.1) is 12.2 Å². The number of benzene rings is 1. The van der Waals surface area contributed by atoms with E-state index in [-0.39, 0.29) is 17.5 Å². The summed E-state index contributed by atoms with van der Waals surface area (Å²) in [6.07, 6.45) is 3.95. The second-order valence-electron chi connectivity index (χ2n) is 6.79. The van der Waals surface area contributed by atoms with Crippen LogP contribution in [0.2, 0.25) is 0 Å². The number of hydrogen-bond donors (Lipinski definition) is 0. The van der Waals surface area contributed by atoms with Gasteiger partial charge in [-0.2, -0.15) is 0 Å². The van der Waals surface area contributed by atoms with E-state index < -0.39 is 0 Å². The summed E-state index contributed by atoms with van der Waals surface area (Å²) in [5.74, 6) is 0.320. The Kier molecular flexibility index (Phi) is 5.16. The van der Waals surface area contributed by atoms with E-state index in [9.17, 15) is 9.18 Å². The lowest BCUT2D eigenvalue weighted by atomic mass is 10.1. The van der Waals surface area contributed by atoms with Crippen LogP contribution in [-0.4, -0.2) is 34.2 Å². The minimum atomic E-state index is -0.275. The van der Waals surface area contributed by atoms with Crippen molar-refractivity contribution in [2.45, 2.75) is 12.5 Å². The zero-order valence-electron chi connectivity index (χ0n) is 15.6. The smallest absolute Gasteiger partial charge is 0.255 e. The predicted octanol–water partition coefficient (Wildman–Crippen LogP) is 2.95. The lowest BCUT2D eigenvalue weighted by Gasteiger charge is -2.26. The number of aromatic nitrogens is 3. The average molecular weight is 380 g/mol. The standard InChI is InChI=1S/C21H21FN4O2/c1-25-20(27)13-18(15-7-9-23-10-8-15)24-21(25)26-11-2-12-28-19(14-26)16-3-5-17(22)6-4-16/h3-10,13,19H,2,11-12,14H2,1H3/t19-/m0/s1. The molecule has 1 atom stereocenters. The minimum Gasteiger partial charge on any atom is -0.372 e. The number of anilines is 1. The molecule has 2 aromatic heterocycles. The Morgan fingerprint density at radius 3 is 2.64 bits per heavy atom. The fourth-order valence-corrected chi connectivity index (χ4v) is 3.37. The van der Waals surface area contributed by atoms with Gasteiger partial charge >= 0.3 is 0 Å². The van der Waals surface area contributed by atoms with Crippen molar-refractivity contribution in [1.82, 2.24) is 14.5 Å². The molecule has 144 valence electrons. The first kappa shape index (κ1) is 18.3.